The molecule has 0 atom stereocenters. The maximum Gasteiger partial charge on any atom is 0.261 e. The summed E-state index contributed by atoms with van der Waals surface area (Å²) in [5.41, 5.74) is 1.76. The maximum absolute atomic E-state index is 12.6. The number of ether oxygens (including phenoxy) is 1. The average Bonchev–Trinajstić information content (AvgIpc) is 2.69. The minimum atomic E-state index is -0.259. The van der Waals surface area contributed by atoms with E-state index in [1.807, 2.05) is 17.0 Å². The molecule has 0 bridgehead atoms. The number of piperazine rings is 1. The normalized spacial score (nSPS) is 14.7. The summed E-state index contributed by atoms with van der Waals surface area (Å²) in [5, 5.41) is 3.29. The number of hydrogen-bond acceptors (Lipinski definition) is 4. The van der Waals surface area contributed by atoms with Crippen LogP contribution in [0.4, 0.5) is 0 Å². The third kappa shape index (κ3) is 5.28. The second-order valence-electron chi connectivity index (χ2n) is 6.35. The van der Waals surface area contributed by atoms with Gasteiger partial charge >= 0.3 is 0 Å². The smallest absolute Gasteiger partial charge is 0.261 e. The Morgan fingerprint density at radius 3 is 2.52 bits per heavy atom. The summed E-state index contributed by atoms with van der Waals surface area (Å²) in [6.45, 7) is 4.34. The third-order valence-corrected chi connectivity index (χ3v) is 5.39. The minimum Gasteiger partial charge on any atom is -0.496 e. The number of amides is 1. The zero-order valence-electron chi connectivity index (χ0n) is 15.2. The predicted molar refractivity (Wildman–Crippen MR) is 114 cm³/mol. The van der Waals surface area contributed by atoms with Gasteiger partial charge in [-0.3, -0.25) is 15.0 Å². The summed E-state index contributed by atoms with van der Waals surface area (Å²) in [7, 11) is 1.55. The largest absolute Gasteiger partial charge is 0.496 e. The molecule has 2 aromatic carbocycles. The summed E-state index contributed by atoms with van der Waals surface area (Å²) < 4.78 is 6.09. The van der Waals surface area contributed by atoms with Gasteiger partial charge in [0, 0.05) is 37.2 Å². The van der Waals surface area contributed by atoms with E-state index in [4.69, 9.17) is 17.0 Å². The molecule has 3 rings (SSSR count). The monoisotopic (exact) mass is 447 g/mol. The van der Waals surface area contributed by atoms with Gasteiger partial charge < -0.3 is 9.64 Å². The van der Waals surface area contributed by atoms with Gasteiger partial charge in [0.1, 0.15) is 5.75 Å². The molecule has 1 aliphatic rings. The lowest BCUT2D eigenvalue weighted by molar-refractivity contribution is 0.0966. The first-order valence-electron chi connectivity index (χ1n) is 8.77. The zero-order valence-corrected chi connectivity index (χ0v) is 17.6. The maximum atomic E-state index is 12.6. The number of carbonyl (C=O) groups excluding carboxylic acids is 1. The number of carbonyl (C=O) groups is 1. The van der Waals surface area contributed by atoms with Gasteiger partial charge in [0.15, 0.2) is 5.11 Å². The highest BCUT2D eigenvalue weighted by molar-refractivity contribution is 9.10. The Hall–Kier alpha value is -1.96. The van der Waals surface area contributed by atoms with E-state index < -0.39 is 0 Å². The van der Waals surface area contributed by atoms with Crippen molar-refractivity contribution < 1.29 is 9.53 Å². The topological polar surface area (TPSA) is 44.8 Å². The zero-order chi connectivity index (χ0) is 19.2. The molecular formula is C20H22BrN3O2S. The summed E-state index contributed by atoms with van der Waals surface area (Å²) in [6.07, 6.45) is 0. The molecule has 0 aliphatic carbocycles. The van der Waals surface area contributed by atoms with Crippen LogP contribution < -0.4 is 10.1 Å². The molecule has 142 valence electrons. The quantitative estimate of drug-likeness (QED) is 0.728. The Morgan fingerprint density at radius 1 is 1.15 bits per heavy atom. The predicted octanol–water partition coefficient (Wildman–Crippen LogP) is 3.29. The highest BCUT2D eigenvalue weighted by Crippen LogP contribution is 2.23. The molecule has 5 nitrogen and oxygen atoms in total. The molecule has 0 aromatic heterocycles. The highest BCUT2D eigenvalue weighted by atomic mass is 79.9. The number of hydrogen-bond donors (Lipinski definition) is 1. The molecule has 1 saturated heterocycles. The van der Waals surface area contributed by atoms with Crippen LogP contribution in [-0.2, 0) is 6.54 Å². The lowest BCUT2D eigenvalue weighted by Crippen LogP contribution is -2.52. The lowest BCUT2D eigenvalue weighted by atomic mass is 10.2. The van der Waals surface area contributed by atoms with E-state index in [0.29, 0.717) is 16.4 Å². The van der Waals surface area contributed by atoms with Crippen molar-refractivity contribution in [2.45, 2.75) is 6.54 Å². The Kier molecular flexibility index (Phi) is 6.82. The fourth-order valence-corrected chi connectivity index (χ4v) is 3.69. The van der Waals surface area contributed by atoms with Crippen LogP contribution in [0.25, 0.3) is 0 Å². The van der Waals surface area contributed by atoms with Gasteiger partial charge in [0.2, 0.25) is 0 Å². The average molecular weight is 448 g/mol. The SMILES string of the molecule is COc1ccc(Br)cc1C(=O)NC(=S)N1CCN(Cc2ccccc2)CC1. The van der Waals surface area contributed by atoms with Gasteiger partial charge in [-0.25, -0.2) is 0 Å². The van der Waals surface area contributed by atoms with Crippen molar-refractivity contribution in [1.82, 2.24) is 15.1 Å². The van der Waals surface area contributed by atoms with Crippen LogP contribution in [0.15, 0.2) is 53.0 Å². The molecule has 7 heteroatoms. The Balaban J connectivity index is 1.54. The number of methoxy groups -OCH3 is 1. The van der Waals surface area contributed by atoms with Crippen molar-refractivity contribution in [3.8, 4) is 5.75 Å². The molecule has 27 heavy (non-hydrogen) atoms. The Morgan fingerprint density at radius 2 is 1.85 bits per heavy atom. The number of benzene rings is 2. The van der Waals surface area contributed by atoms with E-state index in [1.54, 1.807) is 19.2 Å². The number of halogens is 1. The molecule has 1 heterocycles. The first-order chi connectivity index (χ1) is 13.1. The summed E-state index contributed by atoms with van der Waals surface area (Å²) in [6, 6.07) is 15.8. The minimum absolute atomic E-state index is 0.259. The van der Waals surface area contributed by atoms with Gasteiger partial charge in [-0.2, -0.15) is 0 Å². The molecule has 1 amide bonds. The van der Waals surface area contributed by atoms with Gasteiger partial charge in [0.25, 0.3) is 5.91 Å². The molecular weight excluding hydrogens is 426 g/mol. The van der Waals surface area contributed by atoms with Crippen molar-refractivity contribution in [2.75, 3.05) is 33.3 Å². The van der Waals surface area contributed by atoms with E-state index in [1.165, 1.54) is 5.56 Å². The fourth-order valence-electron chi connectivity index (χ4n) is 3.05. The molecule has 0 spiro atoms. The molecule has 0 unspecified atom stereocenters. The van der Waals surface area contributed by atoms with E-state index in [9.17, 15) is 4.79 Å². The number of rotatable bonds is 4. The van der Waals surface area contributed by atoms with Crippen molar-refractivity contribution in [3.05, 3.63) is 64.1 Å². The Labute approximate surface area is 173 Å². The van der Waals surface area contributed by atoms with Crippen LogP contribution in [0.5, 0.6) is 5.75 Å². The number of nitrogens with one attached hydrogen (secondary N) is 1. The molecule has 0 saturated carbocycles. The molecule has 1 fully saturated rings. The van der Waals surface area contributed by atoms with Crippen LogP contribution >= 0.6 is 28.1 Å². The van der Waals surface area contributed by atoms with Gasteiger partial charge in [0.05, 0.1) is 12.7 Å². The second-order valence-corrected chi connectivity index (χ2v) is 7.66. The highest BCUT2D eigenvalue weighted by Gasteiger charge is 2.21. The number of nitrogens with zero attached hydrogens (tertiary/aromatic N) is 2. The van der Waals surface area contributed by atoms with Crippen molar-refractivity contribution in [1.29, 1.82) is 0 Å². The molecule has 0 radical (unpaired) electrons. The van der Waals surface area contributed by atoms with Crippen LogP contribution in [0.2, 0.25) is 0 Å². The molecule has 2 aromatic rings. The molecule has 1 N–H and O–H groups in total. The lowest BCUT2D eigenvalue weighted by Gasteiger charge is -2.36. The first kappa shape index (κ1) is 19.8. The van der Waals surface area contributed by atoms with Gasteiger partial charge in [-0.05, 0) is 36.0 Å². The van der Waals surface area contributed by atoms with Gasteiger partial charge in [-0.15, -0.1) is 0 Å². The van der Waals surface area contributed by atoms with Crippen LogP contribution in [0, 0.1) is 0 Å². The second kappa shape index (κ2) is 9.30. The van der Waals surface area contributed by atoms with E-state index in [2.05, 4.69) is 50.4 Å². The van der Waals surface area contributed by atoms with Crippen LogP contribution in [0.1, 0.15) is 15.9 Å². The van der Waals surface area contributed by atoms with E-state index in [0.717, 1.165) is 37.2 Å². The van der Waals surface area contributed by atoms with Gasteiger partial charge in [-0.1, -0.05) is 46.3 Å². The van der Waals surface area contributed by atoms with Crippen molar-refractivity contribution in [2.24, 2.45) is 0 Å². The summed E-state index contributed by atoms with van der Waals surface area (Å²) >= 11 is 8.84. The summed E-state index contributed by atoms with van der Waals surface area (Å²) in [4.78, 5) is 17.0. The standard InChI is InChI=1S/C20H22BrN3O2S/c1-26-18-8-7-16(21)13-17(18)19(25)22-20(27)24-11-9-23(10-12-24)14-15-5-3-2-4-6-15/h2-8,13H,9-12,14H2,1H3,(H,22,25,27). The fraction of sp³-hybridized carbons (Fsp3) is 0.300. The molecule has 1 aliphatic heterocycles. The number of thiocarbonyl (C=S) groups is 1. The van der Waals surface area contributed by atoms with Crippen molar-refractivity contribution in [3.63, 3.8) is 0 Å². The third-order valence-electron chi connectivity index (χ3n) is 4.54. The van der Waals surface area contributed by atoms with Crippen LogP contribution in [-0.4, -0.2) is 54.1 Å². The Bertz CT molecular complexity index is 808. The van der Waals surface area contributed by atoms with Crippen LogP contribution in [0.3, 0.4) is 0 Å². The summed E-state index contributed by atoms with van der Waals surface area (Å²) in [5.74, 6) is 0.260. The van der Waals surface area contributed by atoms with E-state index >= 15 is 0 Å². The van der Waals surface area contributed by atoms with E-state index in [-0.39, 0.29) is 5.91 Å². The van der Waals surface area contributed by atoms with Crippen molar-refractivity contribution >= 4 is 39.2 Å². The first-order valence-corrected chi connectivity index (χ1v) is 9.97.